The average molecular weight is 418 g/mol. The molecule has 0 atom stereocenters. The lowest BCUT2D eigenvalue weighted by Gasteiger charge is -2.12. The SMILES string of the molecule is O=[N+]([O-])c1c(-c2cscn2)cc(NCCc2ccccn2)nc1Nc1ccccc1. The molecule has 0 saturated heterocycles. The minimum atomic E-state index is -0.426. The number of nitro groups is 1. The number of pyridine rings is 2. The molecular formula is C21H18N6O2S. The third-order valence-corrected chi connectivity index (χ3v) is 4.92. The lowest BCUT2D eigenvalue weighted by Crippen LogP contribution is -2.10. The molecule has 0 fully saturated rings. The highest BCUT2D eigenvalue weighted by Gasteiger charge is 2.25. The van der Waals surface area contributed by atoms with Crippen molar-refractivity contribution in [2.45, 2.75) is 6.42 Å². The van der Waals surface area contributed by atoms with Gasteiger partial charge in [-0.2, -0.15) is 0 Å². The van der Waals surface area contributed by atoms with Crippen LogP contribution in [0, 0.1) is 10.1 Å². The highest BCUT2D eigenvalue weighted by atomic mass is 32.1. The number of nitrogens with zero attached hydrogens (tertiary/aromatic N) is 4. The molecule has 0 unspecified atom stereocenters. The number of hydrogen-bond donors (Lipinski definition) is 2. The molecule has 3 heterocycles. The van der Waals surface area contributed by atoms with Gasteiger partial charge in [0.15, 0.2) is 0 Å². The standard InChI is InChI=1S/C21H18N6O2S/c28-27(29)20-17(18-13-30-14-24-18)12-19(23-11-9-15-6-4-5-10-22-15)26-21(20)25-16-7-2-1-3-8-16/h1-8,10,12-14H,9,11H2,(H2,23,25,26). The summed E-state index contributed by atoms with van der Waals surface area (Å²) in [5, 5.41) is 20.0. The maximum Gasteiger partial charge on any atom is 0.321 e. The summed E-state index contributed by atoms with van der Waals surface area (Å²) < 4.78 is 0. The van der Waals surface area contributed by atoms with Gasteiger partial charge >= 0.3 is 5.69 Å². The van der Waals surface area contributed by atoms with Crippen LogP contribution < -0.4 is 10.6 Å². The summed E-state index contributed by atoms with van der Waals surface area (Å²) >= 11 is 1.38. The molecule has 0 saturated carbocycles. The van der Waals surface area contributed by atoms with Crippen LogP contribution in [0.25, 0.3) is 11.3 Å². The number of anilines is 3. The second kappa shape index (κ2) is 9.10. The summed E-state index contributed by atoms with van der Waals surface area (Å²) in [6, 6.07) is 16.7. The fourth-order valence-electron chi connectivity index (χ4n) is 2.96. The third-order valence-electron chi connectivity index (χ3n) is 4.33. The first-order chi connectivity index (χ1) is 14.7. The van der Waals surface area contributed by atoms with Crippen molar-refractivity contribution in [2.75, 3.05) is 17.2 Å². The minimum Gasteiger partial charge on any atom is -0.370 e. The van der Waals surface area contributed by atoms with Crippen molar-refractivity contribution < 1.29 is 4.92 Å². The van der Waals surface area contributed by atoms with Gasteiger partial charge in [-0.1, -0.05) is 24.3 Å². The van der Waals surface area contributed by atoms with Crippen molar-refractivity contribution in [3.05, 3.63) is 87.5 Å². The molecule has 0 bridgehead atoms. The quantitative estimate of drug-likeness (QED) is 0.309. The van der Waals surface area contributed by atoms with E-state index in [1.54, 1.807) is 23.2 Å². The smallest absolute Gasteiger partial charge is 0.321 e. The molecule has 0 spiro atoms. The predicted molar refractivity (Wildman–Crippen MR) is 118 cm³/mol. The van der Waals surface area contributed by atoms with E-state index in [-0.39, 0.29) is 11.5 Å². The molecule has 8 nitrogen and oxygen atoms in total. The zero-order chi connectivity index (χ0) is 20.8. The molecular weight excluding hydrogens is 400 g/mol. The Balaban J connectivity index is 1.68. The van der Waals surface area contributed by atoms with E-state index in [0.29, 0.717) is 35.7 Å². The first-order valence-corrected chi connectivity index (χ1v) is 10.2. The summed E-state index contributed by atoms with van der Waals surface area (Å²) in [5.41, 5.74) is 4.16. The molecule has 150 valence electrons. The number of nitrogens with one attached hydrogen (secondary N) is 2. The van der Waals surface area contributed by atoms with E-state index in [1.807, 2.05) is 48.5 Å². The van der Waals surface area contributed by atoms with E-state index in [2.05, 4.69) is 25.6 Å². The predicted octanol–water partition coefficient (Wildman–Crippen LogP) is 4.91. The molecule has 0 radical (unpaired) electrons. The van der Waals surface area contributed by atoms with Crippen LogP contribution in [-0.2, 0) is 6.42 Å². The Morgan fingerprint density at radius 2 is 1.90 bits per heavy atom. The maximum absolute atomic E-state index is 11.9. The van der Waals surface area contributed by atoms with Crippen LogP contribution >= 0.6 is 11.3 Å². The summed E-state index contributed by atoms with van der Waals surface area (Å²) in [7, 11) is 0. The topological polar surface area (TPSA) is 106 Å². The van der Waals surface area contributed by atoms with Crippen LogP contribution in [0.5, 0.6) is 0 Å². The highest BCUT2D eigenvalue weighted by molar-refractivity contribution is 7.07. The second-order valence-electron chi connectivity index (χ2n) is 6.37. The van der Waals surface area contributed by atoms with Gasteiger partial charge in [-0.3, -0.25) is 15.1 Å². The normalized spacial score (nSPS) is 10.5. The van der Waals surface area contributed by atoms with Crippen LogP contribution in [0.1, 0.15) is 5.69 Å². The molecule has 0 aliphatic carbocycles. The highest BCUT2D eigenvalue weighted by Crippen LogP contribution is 2.38. The van der Waals surface area contributed by atoms with Gasteiger partial charge in [-0.15, -0.1) is 11.3 Å². The first kappa shape index (κ1) is 19.5. The summed E-state index contributed by atoms with van der Waals surface area (Å²) in [6.07, 6.45) is 2.45. The van der Waals surface area contributed by atoms with Crippen molar-refractivity contribution in [3.63, 3.8) is 0 Å². The summed E-state index contributed by atoms with van der Waals surface area (Å²) in [6.45, 7) is 0.586. The van der Waals surface area contributed by atoms with E-state index < -0.39 is 4.92 Å². The molecule has 4 aromatic rings. The molecule has 0 aliphatic heterocycles. The Bertz CT molecular complexity index is 1120. The summed E-state index contributed by atoms with van der Waals surface area (Å²) in [5.74, 6) is 0.690. The van der Waals surface area contributed by atoms with Gasteiger partial charge in [0, 0.05) is 35.9 Å². The lowest BCUT2D eigenvalue weighted by atomic mass is 10.1. The lowest BCUT2D eigenvalue weighted by molar-refractivity contribution is -0.383. The van der Waals surface area contributed by atoms with Gasteiger partial charge in [0.1, 0.15) is 5.82 Å². The maximum atomic E-state index is 11.9. The van der Waals surface area contributed by atoms with Gasteiger partial charge in [0.25, 0.3) is 0 Å². The third kappa shape index (κ3) is 4.58. The van der Waals surface area contributed by atoms with Gasteiger partial charge < -0.3 is 10.6 Å². The van der Waals surface area contributed by atoms with E-state index >= 15 is 0 Å². The fourth-order valence-corrected chi connectivity index (χ4v) is 3.52. The van der Waals surface area contributed by atoms with Crippen molar-refractivity contribution in [1.29, 1.82) is 0 Å². The number of aromatic nitrogens is 3. The zero-order valence-corrected chi connectivity index (χ0v) is 16.7. The molecule has 2 N–H and O–H groups in total. The Labute approximate surface area is 176 Å². The van der Waals surface area contributed by atoms with E-state index in [1.165, 1.54) is 11.3 Å². The van der Waals surface area contributed by atoms with Gasteiger partial charge in [0.05, 0.1) is 21.7 Å². The molecule has 30 heavy (non-hydrogen) atoms. The van der Waals surface area contributed by atoms with Crippen LogP contribution in [0.4, 0.5) is 23.0 Å². The first-order valence-electron chi connectivity index (χ1n) is 9.24. The molecule has 4 rings (SSSR count). The number of hydrogen-bond acceptors (Lipinski definition) is 8. The zero-order valence-electron chi connectivity index (χ0n) is 15.9. The number of rotatable bonds is 8. The van der Waals surface area contributed by atoms with Crippen LogP contribution in [0.3, 0.4) is 0 Å². The number of benzene rings is 1. The van der Waals surface area contributed by atoms with Gasteiger partial charge in [0.2, 0.25) is 5.82 Å². The van der Waals surface area contributed by atoms with E-state index in [9.17, 15) is 10.1 Å². The second-order valence-corrected chi connectivity index (χ2v) is 7.09. The average Bonchev–Trinajstić information content (AvgIpc) is 3.30. The van der Waals surface area contributed by atoms with Gasteiger partial charge in [-0.25, -0.2) is 9.97 Å². The molecule has 1 aromatic carbocycles. The van der Waals surface area contributed by atoms with E-state index in [4.69, 9.17) is 0 Å². The summed E-state index contributed by atoms with van der Waals surface area (Å²) in [4.78, 5) is 24.5. The molecule has 0 amide bonds. The van der Waals surface area contributed by atoms with Crippen molar-refractivity contribution in [3.8, 4) is 11.3 Å². The largest absolute Gasteiger partial charge is 0.370 e. The van der Waals surface area contributed by atoms with Crippen LogP contribution in [-0.4, -0.2) is 26.4 Å². The molecule has 9 heteroatoms. The van der Waals surface area contributed by atoms with Crippen molar-refractivity contribution in [1.82, 2.24) is 15.0 Å². The Morgan fingerprint density at radius 1 is 1.07 bits per heavy atom. The molecule has 3 aromatic heterocycles. The van der Waals surface area contributed by atoms with Crippen LogP contribution in [0.2, 0.25) is 0 Å². The molecule has 0 aliphatic rings. The van der Waals surface area contributed by atoms with E-state index in [0.717, 1.165) is 5.69 Å². The minimum absolute atomic E-state index is 0.111. The Morgan fingerprint density at radius 3 is 2.60 bits per heavy atom. The monoisotopic (exact) mass is 418 g/mol. The van der Waals surface area contributed by atoms with Crippen molar-refractivity contribution in [2.24, 2.45) is 0 Å². The van der Waals surface area contributed by atoms with Gasteiger partial charge in [-0.05, 0) is 30.3 Å². The van der Waals surface area contributed by atoms with Crippen molar-refractivity contribution >= 4 is 34.3 Å². The number of thiazole rings is 1. The van der Waals surface area contributed by atoms with Crippen LogP contribution in [0.15, 0.2) is 71.7 Å². The fraction of sp³-hybridized carbons (Fsp3) is 0.0952. The Hall–Kier alpha value is -3.85. The Kier molecular flexibility index (Phi) is 5.90. The number of para-hydroxylation sites is 1.